The van der Waals surface area contributed by atoms with Crippen molar-refractivity contribution in [3.8, 4) is 0 Å². The van der Waals surface area contributed by atoms with Crippen LogP contribution in [0.5, 0.6) is 0 Å². The van der Waals surface area contributed by atoms with Crippen LogP contribution in [0.3, 0.4) is 0 Å². The third-order valence-corrected chi connectivity index (χ3v) is 4.23. The second kappa shape index (κ2) is 6.90. The predicted molar refractivity (Wildman–Crippen MR) is 81.6 cm³/mol. The van der Waals surface area contributed by atoms with Crippen LogP contribution in [0.2, 0.25) is 0 Å². The minimum atomic E-state index is 0.321. The molecule has 0 aliphatic carbocycles. The van der Waals surface area contributed by atoms with Gasteiger partial charge in [-0.25, -0.2) is 0 Å². The summed E-state index contributed by atoms with van der Waals surface area (Å²) >= 11 is 0. The van der Waals surface area contributed by atoms with Crippen molar-refractivity contribution in [2.75, 3.05) is 18.5 Å². The number of hydrogen-bond acceptors (Lipinski definition) is 3. The number of piperidine rings is 1. The molecular weight excluding hydrogens is 234 g/mol. The van der Waals surface area contributed by atoms with Gasteiger partial charge in [0, 0.05) is 18.6 Å². The number of hydrogen-bond donors (Lipinski definition) is 1. The van der Waals surface area contributed by atoms with Crippen LogP contribution in [-0.2, 0) is 0 Å². The molecule has 106 valence electrons. The highest BCUT2D eigenvalue weighted by Crippen LogP contribution is 2.27. The number of rotatable bonds is 5. The third kappa shape index (κ3) is 3.47. The van der Waals surface area contributed by atoms with Crippen molar-refractivity contribution in [1.82, 2.24) is 10.3 Å². The molecule has 0 bridgehead atoms. The Morgan fingerprint density at radius 1 is 1.42 bits per heavy atom. The van der Waals surface area contributed by atoms with E-state index in [4.69, 9.17) is 0 Å². The summed E-state index contributed by atoms with van der Waals surface area (Å²) in [6, 6.07) is 5.44. The highest BCUT2D eigenvalue weighted by atomic mass is 15.2. The number of pyridine rings is 1. The van der Waals surface area contributed by atoms with Gasteiger partial charge in [0.2, 0.25) is 0 Å². The first kappa shape index (κ1) is 14.3. The molecule has 3 heteroatoms. The Morgan fingerprint density at radius 2 is 2.26 bits per heavy atom. The van der Waals surface area contributed by atoms with Crippen molar-refractivity contribution >= 4 is 5.69 Å². The Hall–Kier alpha value is -1.09. The summed E-state index contributed by atoms with van der Waals surface area (Å²) in [5.74, 6) is 0. The van der Waals surface area contributed by atoms with E-state index in [1.165, 1.54) is 44.3 Å². The summed E-state index contributed by atoms with van der Waals surface area (Å²) in [5.41, 5.74) is 2.42. The van der Waals surface area contributed by atoms with E-state index in [2.05, 4.69) is 47.4 Å². The molecule has 19 heavy (non-hydrogen) atoms. The van der Waals surface area contributed by atoms with Crippen molar-refractivity contribution < 1.29 is 0 Å². The third-order valence-electron chi connectivity index (χ3n) is 4.23. The summed E-state index contributed by atoms with van der Waals surface area (Å²) in [5, 5.41) is 3.23. The first-order valence-electron chi connectivity index (χ1n) is 7.66. The zero-order valence-electron chi connectivity index (χ0n) is 12.5. The lowest BCUT2D eigenvalue weighted by Crippen LogP contribution is -2.39. The lowest BCUT2D eigenvalue weighted by atomic mass is 9.97. The van der Waals surface area contributed by atoms with Gasteiger partial charge in [0.15, 0.2) is 0 Å². The van der Waals surface area contributed by atoms with E-state index < -0.39 is 0 Å². The van der Waals surface area contributed by atoms with E-state index in [1.54, 1.807) is 0 Å². The molecule has 1 aliphatic heterocycles. The van der Waals surface area contributed by atoms with Crippen LogP contribution in [0.1, 0.15) is 57.7 Å². The number of aromatic nitrogens is 1. The second-order valence-corrected chi connectivity index (χ2v) is 5.58. The van der Waals surface area contributed by atoms with E-state index in [0.717, 1.165) is 5.69 Å². The van der Waals surface area contributed by atoms with Crippen molar-refractivity contribution in [2.24, 2.45) is 0 Å². The van der Waals surface area contributed by atoms with Gasteiger partial charge in [-0.2, -0.15) is 0 Å². The molecule has 1 fully saturated rings. The van der Waals surface area contributed by atoms with Crippen LogP contribution in [0.4, 0.5) is 5.69 Å². The summed E-state index contributed by atoms with van der Waals surface area (Å²) in [4.78, 5) is 7.18. The molecule has 1 aliphatic rings. The lowest BCUT2D eigenvalue weighted by Gasteiger charge is -2.37. The highest BCUT2D eigenvalue weighted by Gasteiger charge is 2.22. The first-order chi connectivity index (χ1) is 9.26. The summed E-state index contributed by atoms with van der Waals surface area (Å²) in [6.45, 7) is 5.61. The van der Waals surface area contributed by atoms with Crippen LogP contribution >= 0.6 is 0 Å². The molecule has 3 nitrogen and oxygen atoms in total. The van der Waals surface area contributed by atoms with E-state index in [-0.39, 0.29) is 0 Å². The molecule has 0 saturated carbocycles. The summed E-state index contributed by atoms with van der Waals surface area (Å²) in [6.07, 6.45) is 8.65. The SMILES string of the molecule is CCCC1CCCCN1c1ccc(C(C)NC)nc1. The predicted octanol–water partition coefficient (Wildman–Crippen LogP) is 3.52. The van der Waals surface area contributed by atoms with Gasteiger partial charge in [0.25, 0.3) is 0 Å². The van der Waals surface area contributed by atoms with Gasteiger partial charge in [-0.1, -0.05) is 13.3 Å². The molecule has 1 aromatic rings. The fourth-order valence-corrected chi connectivity index (χ4v) is 2.95. The molecule has 0 radical (unpaired) electrons. The molecule has 2 rings (SSSR count). The molecule has 0 aromatic carbocycles. The zero-order chi connectivity index (χ0) is 13.7. The van der Waals surface area contributed by atoms with Gasteiger partial charge in [0.05, 0.1) is 17.6 Å². The Labute approximate surface area is 117 Å². The van der Waals surface area contributed by atoms with E-state index >= 15 is 0 Å². The van der Waals surface area contributed by atoms with Crippen LogP contribution in [0.15, 0.2) is 18.3 Å². The summed E-state index contributed by atoms with van der Waals surface area (Å²) in [7, 11) is 1.97. The van der Waals surface area contributed by atoms with Crippen LogP contribution in [-0.4, -0.2) is 24.6 Å². The quantitative estimate of drug-likeness (QED) is 0.879. The van der Waals surface area contributed by atoms with Crippen LogP contribution < -0.4 is 10.2 Å². The maximum Gasteiger partial charge on any atom is 0.0571 e. The molecular formula is C16H27N3. The van der Waals surface area contributed by atoms with Gasteiger partial charge in [-0.05, 0) is 51.8 Å². The molecule has 0 spiro atoms. The van der Waals surface area contributed by atoms with E-state index in [9.17, 15) is 0 Å². The van der Waals surface area contributed by atoms with Gasteiger partial charge in [-0.15, -0.1) is 0 Å². The molecule has 2 heterocycles. The van der Waals surface area contributed by atoms with Crippen molar-refractivity contribution in [2.45, 2.75) is 58.0 Å². The Balaban J connectivity index is 2.11. The van der Waals surface area contributed by atoms with Gasteiger partial charge >= 0.3 is 0 Å². The first-order valence-corrected chi connectivity index (χ1v) is 7.66. The fraction of sp³-hybridized carbons (Fsp3) is 0.688. The standard InChI is InChI=1S/C16H27N3/c1-4-7-14-8-5-6-11-19(14)15-9-10-16(18-12-15)13(2)17-3/h9-10,12-14,17H,4-8,11H2,1-3H3. The van der Waals surface area contributed by atoms with Crippen molar-refractivity contribution in [3.05, 3.63) is 24.0 Å². The monoisotopic (exact) mass is 261 g/mol. The fourth-order valence-electron chi connectivity index (χ4n) is 2.95. The maximum absolute atomic E-state index is 4.62. The molecule has 1 saturated heterocycles. The molecule has 1 N–H and O–H groups in total. The minimum absolute atomic E-state index is 0.321. The van der Waals surface area contributed by atoms with Crippen LogP contribution in [0.25, 0.3) is 0 Å². The van der Waals surface area contributed by atoms with Crippen LogP contribution in [0, 0.1) is 0 Å². The molecule has 0 amide bonds. The smallest absolute Gasteiger partial charge is 0.0571 e. The molecule has 2 atom stereocenters. The Morgan fingerprint density at radius 3 is 2.89 bits per heavy atom. The number of nitrogens with one attached hydrogen (secondary N) is 1. The van der Waals surface area contributed by atoms with Crippen molar-refractivity contribution in [1.29, 1.82) is 0 Å². The van der Waals surface area contributed by atoms with Crippen molar-refractivity contribution in [3.63, 3.8) is 0 Å². The highest BCUT2D eigenvalue weighted by molar-refractivity contribution is 5.46. The maximum atomic E-state index is 4.62. The van der Waals surface area contributed by atoms with E-state index in [0.29, 0.717) is 12.1 Å². The normalized spacial score (nSPS) is 21.4. The molecule has 1 aromatic heterocycles. The average Bonchev–Trinajstić information content (AvgIpc) is 2.47. The average molecular weight is 261 g/mol. The van der Waals surface area contributed by atoms with Gasteiger partial charge < -0.3 is 10.2 Å². The number of nitrogens with zero attached hydrogens (tertiary/aromatic N) is 2. The van der Waals surface area contributed by atoms with Gasteiger partial charge in [0.1, 0.15) is 0 Å². The molecule has 2 unspecified atom stereocenters. The summed E-state index contributed by atoms with van der Waals surface area (Å²) < 4.78 is 0. The Bertz CT molecular complexity index is 372. The topological polar surface area (TPSA) is 28.2 Å². The Kier molecular flexibility index (Phi) is 5.20. The lowest BCUT2D eigenvalue weighted by molar-refractivity contribution is 0.434. The zero-order valence-corrected chi connectivity index (χ0v) is 12.5. The van der Waals surface area contributed by atoms with E-state index in [1.807, 2.05) is 7.05 Å². The number of anilines is 1. The minimum Gasteiger partial charge on any atom is -0.367 e. The second-order valence-electron chi connectivity index (χ2n) is 5.58. The largest absolute Gasteiger partial charge is 0.367 e. The van der Waals surface area contributed by atoms with Gasteiger partial charge in [-0.3, -0.25) is 4.98 Å².